The molecular weight excluding hydrogens is 438 g/mol. The Hall–Kier alpha value is -3.32. The molecule has 0 radical (unpaired) electrons. The van der Waals surface area contributed by atoms with Crippen molar-refractivity contribution in [2.24, 2.45) is 0 Å². The highest BCUT2D eigenvalue weighted by Gasteiger charge is 2.33. The van der Waals surface area contributed by atoms with Crippen molar-refractivity contribution < 1.29 is 9.53 Å². The SMILES string of the molecule is CC(C)(C)OC(=O)N1CCN(c2ccnc(Nc3cccc(Cl)c3)n2)C(c2ccccc2)C1. The molecule has 1 unspecified atom stereocenters. The Kier molecular flexibility index (Phi) is 6.70. The number of carbonyl (C=O) groups is 1. The first-order valence-electron chi connectivity index (χ1n) is 10.9. The van der Waals surface area contributed by atoms with Crippen LogP contribution in [0.5, 0.6) is 0 Å². The van der Waals surface area contributed by atoms with Crippen molar-refractivity contribution in [2.75, 3.05) is 29.9 Å². The summed E-state index contributed by atoms with van der Waals surface area (Å²) in [5, 5.41) is 3.85. The summed E-state index contributed by atoms with van der Waals surface area (Å²) in [6.45, 7) is 7.30. The van der Waals surface area contributed by atoms with E-state index in [4.69, 9.17) is 21.3 Å². The highest BCUT2D eigenvalue weighted by Crippen LogP contribution is 2.31. The molecule has 1 aromatic heterocycles. The molecule has 7 nitrogen and oxygen atoms in total. The third kappa shape index (κ3) is 5.93. The van der Waals surface area contributed by atoms with Gasteiger partial charge in [-0.3, -0.25) is 0 Å². The number of rotatable bonds is 4. The van der Waals surface area contributed by atoms with Crippen molar-refractivity contribution in [3.63, 3.8) is 0 Å². The maximum Gasteiger partial charge on any atom is 0.410 e. The maximum absolute atomic E-state index is 12.8. The van der Waals surface area contributed by atoms with E-state index in [2.05, 4.69) is 27.3 Å². The summed E-state index contributed by atoms with van der Waals surface area (Å²) >= 11 is 6.10. The third-order valence-corrected chi connectivity index (χ3v) is 5.47. The van der Waals surface area contributed by atoms with Gasteiger partial charge >= 0.3 is 6.09 Å². The first-order valence-corrected chi connectivity index (χ1v) is 11.3. The molecule has 1 saturated heterocycles. The first kappa shape index (κ1) is 22.9. The molecule has 1 aliphatic rings. The number of aromatic nitrogens is 2. The van der Waals surface area contributed by atoms with Gasteiger partial charge in [-0.05, 0) is 50.6 Å². The second-order valence-electron chi connectivity index (χ2n) is 8.92. The summed E-state index contributed by atoms with van der Waals surface area (Å²) in [4.78, 5) is 25.9. The Morgan fingerprint density at radius 1 is 1.09 bits per heavy atom. The minimum absolute atomic E-state index is 0.0682. The van der Waals surface area contributed by atoms with Crippen LogP contribution in [0.3, 0.4) is 0 Å². The van der Waals surface area contributed by atoms with E-state index in [0.29, 0.717) is 30.6 Å². The highest BCUT2D eigenvalue weighted by atomic mass is 35.5. The summed E-state index contributed by atoms with van der Waals surface area (Å²) in [5.74, 6) is 1.27. The minimum atomic E-state index is -0.538. The Bertz CT molecular complexity index is 1100. The lowest BCUT2D eigenvalue weighted by Crippen LogP contribution is -2.52. The zero-order valence-electron chi connectivity index (χ0n) is 19.0. The molecule has 172 valence electrons. The zero-order valence-corrected chi connectivity index (χ0v) is 19.8. The van der Waals surface area contributed by atoms with E-state index in [1.165, 1.54) is 0 Å². The van der Waals surface area contributed by atoms with E-state index in [9.17, 15) is 4.79 Å². The minimum Gasteiger partial charge on any atom is -0.444 e. The van der Waals surface area contributed by atoms with Gasteiger partial charge in [0.15, 0.2) is 0 Å². The lowest BCUT2D eigenvalue weighted by molar-refractivity contribution is 0.0213. The maximum atomic E-state index is 12.8. The van der Waals surface area contributed by atoms with Crippen LogP contribution in [0, 0.1) is 0 Å². The number of nitrogens with zero attached hydrogens (tertiary/aromatic N) is 4. The van der Waals surface area contributed by atoms with E-state index in [1.54, 1.807) is 11.1 Å². The number of nitrogens with one attached hydrogen (secondary N) is 1. The van der Waals surface area contributed by atoms with Crippen LogP contribution in [0.2, 0.25) is 5.02 Å². The molecule has 0 aliphatic carbocycles. The molecule has 33 heavy (non-hydrogen) atoms. The van der Waals surface area contributed by atoms with Crippen LogP contribution < -0.4 is 10.2 Å². The van der Waals surface area contributed by atoms with E-state index < -0.39 is 5.60 Å². The number of amides is 1. The molecule has 1 atom stereocenters. The van der Waals surface area contributed by atoms with Crippen molar-refractivity contribution in [1.82, 2.24) is 14.9 Å². The number of ether oxygens (including phenoxy) is 1. The second kappa shape index (κ2) is 9.67. The van der Waals surface area contributed by atoms with Crippen LogP contribution in [0.15, 0.2) is 66.9 Å². The van der Waals surface area contributed by atoms with E-state index in [-0.39, 0.29) is 12.1 Å². The summed E-state index contributed by atoms with van der Waals surface area (Å²) < 4.78 is 5.62. The van der Waals surface area contributed by atoms with E-state index in [1.807, 2.05) is 69.3 Å². The van der Waals surface area contributed by atoms with Gasteiger partial charge in [0, 0.05) is 36.5 Å². The van der Waals surface area contributed by atoms with Crippen LogP contribution in [-0.2, 0) is 4.74 Å². The number of benzene rings is 2. The van der Waals surface area contributed by atoms with Gasteiger partial charge in [0.25, 0.3) is 0 Å². The fourth-order valence-corrected chi connectivity index (χ4v) is 3.96. The molecule has 0 spiro atoms. The molecule has 3 aromatic rings. The van der Waals surface area contributed by atoms with Gasteiger partial charge < -0.3 is 19.9 Å². The molecule has 8 heteroatoms. The van der Waals surface area contributed by atoms with Gasteiger partial charge in [0.2, 0.25) is 5.95 Å². The second-order valence-corrected chi connectivity index (χ2v) is 9.36. The van der Waals surface area contributed by atoms with Crippen LogP contribution in [0.25, 0.3) is 0 Å². The van der Waals surface area contributed by atoms with Gasteiger partial charge in [0.05, 0.1) is 6.04 Å². The number of piperazine rings is 1. The molecular formula is C25H28ClN5O2. The Morgan fingerprint density at radius 3 is 2.61 bits per heavy atom. The highest BCUT2D eigenvalue weighted by molar-refractivity contribution is 6.30. The summed E-state index contributed by atoms with van der Waals surface area (Å²) in [6.07, 6.45) is 1.44. The number of hydrogen-bond donors (Lipinski definition) is 1. The largest absolute Gasteiger partial charge is 0.444 e. The molecule has 1 fully saturated rings. The molecule has 0 bridgehead atoms. The van der Waals surface area contributed by atoms with Crippen molar-refractivity contribution in [3.05, 3.63) is 77.4 Å². The first-order chi connectivity index (χ1) is 15.8. The lowest BCUT2D eigenvalue weighted by Gasteiger charge is -2.42. The molecule has 1 N–H and O–H groups in total. The fourth-order valence-electron chi connectivity index (χ4n) is 3.77. The number of halogens is 1. The summed E-state index contributed by atoms with van der Waals surface area (Å²) in [6, 6.07) is 19.4. The van der Waals surface area contributed by atoms with Crippen LogP contribution in [0.1, 0.15) is 32.4 Å². The number of carbonyl (C=O) groups excluding carboxylic acids is 1. The smallest absolute Gasteiger partial charge is 0.410 e. The zero-order chi connectivity index (χ0) is 23.4. The Balaban J connectivity index is 1.59. The van der Waals surface area contributed by atoms with Crippen LogP contribution >= 0.6 is 11.6 Å². The Labute approximate surface area is 199 Å². The molecule has 4 rings (SSSR count). The van der Waals surface area contributed by atoms with Crippen LogP contribution in [0.4, 0.5) is 22.2 Å². The normalized spacial score (nSPS) is 16.4. The van der Waals surface area contributed by atoms with Gasteiger partial charge in [-0.1, -0.05) is 48.0 Å². The van der Waals surface area contributed by atoms with Gasteiger partial charge in [-0.15, -0.1) is 0 Å². The number of hydrogen-bond acceptors (Lipinski definition) is 6. The van der Waals surface area contributed by atoms with Crippen molar-refractivity contribution in [1.29, 1.82) is 0 Å². The molecule has 1 amide bonds. The van der Waals surface area contributed by atoms with Crippen LogP contribution in [-0.4, -0.2) is 46.2 Å². The predicted octanol–water partition coefficient (Wildman–Crippen LogP) is 5.67. The standard InChI is InChI=1S/C25H28ClN5O2/c1-25(2,3)33-24(32)30-14-15-31(21(17-30)18-8-5-4-6-9-18)22-12-13-27-23(29-22)28-20-11-7-10-19(26)16-20/h4-13,16,21H,14-15,17H2,1-3H3,(H,27,28,29). The average Bonchev–Trinajstić information content (AvgIpc) is 2.78. The third-order valence-electron chi connectivity index (χ3n) is 5.23. The van der Waals surface area contributed by atoms with Crippen molar-refractivity contribution >= 4 is 35.1 Å². The molecule has 0 saturated carbocycles. The molecule has 2 heterocycles. The topological polar surface area (TPSA) is 70.6 Å². The average molecular weight is 466 g/mol. The van der Waals surface area contributed by atoms with Gasteiger partial charge in [-0.2, -0.15) is 4.98 Å². The van der Waals surface area contributed by atoms with Crippen molar-refractivity contribution in [3.8, 4) is 0 Å². The van der Waals surface area contributed by atoms with Gasteiger partial charge in [0.1, 0.15) is 11.4 Å². The fraction of sp³-hybridized carbons (Fsp3) is 0.320. The molecule has 2 aromatic carbocycles. The summed E-state index contributed by atoms with van der Waals surface area (Å²) in [7, 11) is 0. The van der Waals surface area contributed by atoms with E-state index >= 15 is 0 Å². The monoisotopic (exact) mass is 465 g/mol. The molecule has 1 aliphatic heterocycles. The Morgan fingerprint density at radius 2 is 1.88 bits per heavy atom. The predicted molar refractivity (Wildman–Crippen MR) is 131 cm³/mol. The lowest BCUT2D eigenvalue weighted by atomic mass is 10.0. The van der Waals surface area contributed by atoms with E-state index in [0.717, 1.165) is 17.1 Å². The van der Waals surface area contributed by atoms with Crippen molar-refractivity contribution in [2.45, 2.75) is 32.4 Å². The number of anilines is 3. The quantitative estimate of drug-likeness (QED) is 0.535. The summed E-state index contributed by atoms with van der Waals surface area (Å²) in [5.41, 5.74) is 1.38. The van der Waals surface area contributed by atoms with Gasteiger partial charge in [-0.25, -0.2) is 9.78 Å².